The molecule has 0 N–H and O–H groups in total. The largest absolute Gasteiger partial charge is 0.344 e. The smallest absolute Gasteiger partial charge is 0.245 e. The average molecular weight is 629 g/mol. The first-order valence-electron chi connectivity index (χ1n) is 16.7. The lowest BCUT2D eigenvalue weighted by atomic mass is 9.74. The Morgan fingerprint density at radius 1 is 0.932 bits per heavy atom. The Kier molecular flexibility index (Phi) is 10.2. The first-order chi connectivity index (χ1) is 20.3. The molecule has 2 saturated heterocycles. The zero-order valence-electron chi connectivity index (χ0n) is 29.0. The number of amides is 3. The van der Waals surface area contributed by atoms with Crippen LogP contribution in [0.3, 0.4) is 0 Å². The van der Waals surface area contributed by atoms with E-state index in [0.717, 1.165) is 37.8 Å². The number of rotatable bonds is 6. The molecule has 0 aromatic heterocycles. The quantitative estimate of drug-likeness (QED) is 0.363. The molecule has 1 aromatic rings. The maximum absolute atomic E-state index is 14.8. The molecule has 2 heterocycles. The van der Waals surface area contributed by atoms with Gasteiger partial charge in [-0.25, -0.2) is 0 Å². The zero-order valence-corrected chi connectivity index (χ0v) is 29.7. The van der Waals surface area contributed by atoms with Crippen molar-refractivity contribution in [1.29, 1.82) is 0 Å². The van der Waals surface area contributed by atoms with E-state index in [2.05, 4.69) is 44.4 Å². The van der Waals surface area contributed by atoms with Gasteiger partial charge >= 0.3 is 0 Å². The molecule has 8 heteroatoms. The van der Waals surface area contributed by atoms with Crippen molar-refractivity contribution in [2.24, 2.45) is 16.7 Å². The number of hydrogen-bond donors (Lipinski definition) is 0. The number of halogens is 1. The number of likely N-dealkylation sites (N-methyl/N-ethyl adjacent to an activating group) is 1. The molecule has 3 aliphatic rings. The summed E-state index contributed by atoms with van der Waals surface area (Å²) in [4.78, 5) is 50.9. The van der Waals surface area contributed by atoms with E-state index in [1.54, 1.807) is 4.90 Å². The summed E-state index contributed by atoms with van der Waals surface area (Å²) < 4.78 is 0. The normalized spacial score (nSPS) is 26.6. The Balaban J connectivity index is 1.70. The van der Waals surface area contributed by atoms with Crippen LogP contribution in [0.25, 0.3) is 0 Å². The predicted octanol–water partition coefficient (Wildman–Crippen LogP) is 6.45. The molecule has 1 aromatic carbocycles. The highest BCUT2D eigenvalue weighted by atomic mass is 35.5. The van der Waals surface area contributed by atoms with Crippen molar-refractivity contribution in [1.82, 2.24) is 19.6 Å². The standard InChI is InChI=1S/C36H57ClN4O3/c1-11-38(10)32(43)30-20-27(41(33(44)34(2,3)4)26-16-18-36(8,9)19-17-26)21-40(30)31(42)29-23-39(35(5,6)7)22-28(29)24-12-14-25(37)15-13-24/h12-15,26-30H,11,16-23H2,1-10H3/t27?,28-,29+,30?/m0/s1. The van der Waals surface area contributed by atoms with Gasteiger partial charge in [0.05, 0.1) is 12.0 Å². The summed E-state index contributed by atoms with van der Waals surface area (Å²) in [5.41, 5.74) is 0.710. The molecule has 0 radical (unpaired) electrons. The first-order valence-corrected chi connectivity index (χ1v) is 17.1. The van der Waals surface area contributed by atoms with Crippen molar-refractivity contribution in [3.8, 4) is 0 Å². The van der Waals surface area contributed by atoms with Gasteiger partial charge in [-0.2, -0.15) is 0 Å². The maximum atomic E-state index is 14.8. The van der Waals surface area contributed by atoms with Gasteiger partial charge in [-0.05, 0) is 82.9 Å². The molecule has 7 nitrogen and oxygen atoms in total. The van der Waals surface area contributed by atoms with Gasteiger partial charge in [0.25, 0.3) is 0 Å². The van der Waals surface area contributed by atoms with Crippen LogP contribution in [0, 0.1) is 16.7 Å². The summed E-state index contributed by atoms with van der Waals surface area (Å²) in [6.45, 7) is 21.5. The molecule has 3 amide bonds. The Morgan fingerprint density at radius 2 is 1.52 bits per heavy atom. The van der Waals surface area contributed by atoms with E-state index in [0.29, 0.717) is 31.1 Å². The summed E-state index contributed by atoms with van der Waals surface area (Å²) in [7, 11) is 1.81. The molecule has 246 valence electrons. The van der Waals surface area contributed by atoms with Gasteiger partial charge in [-0.15, -0.1) is 0 Å². The molecule has 1 aliphatic carbocycles. The van der Waals surface area contributed by atoms with E-state index in [1.165, 1.54) is 0 Å². The van der Waals surface area contributed by atoms with Crippen molar-refractivity contribution in [2.45, 2.75) is 124 Å². The second-order valence-corrected chi connectivity index (χ2v) is 16.9. The monoisotopic (exact) mass is 628 g/mol. The molecule has 4 rings (SSSR count). The second-order valence-electron chi connectivity index (χ2n) is 16.4. The molecule has 44 heavy (non-hydrogen) atoms. The van der Waals surface area contributed by atoms with Crippen LogP contribution in [0.15, 0.2) is 24.3 Å². The molecule has 4 atom stereocenters. The molecule has 0 spiro atoms. The van der Waals surface area contributed by atoms with E-state index in [9.17, 15) is 14.4 Å². The SMILES string of the molecule is CCN(C)C(=O)C1CC(N(C(=O)C(C)(C)C)C2CCC(C)(C)CC2)CN1C(=O)[C@@H]1CN(C(C)(C)C)C[C@H]1c1ccc(Cl)cc1. The lowest BCUT2D eigenvalue weighted by Crippen LogP contribution is -2.54. The second kappa shape index (κ2) is 12.9. The molecule has 0 bridgehead atoms. The van der Waals surface area contributed by atoms with Gasteiger partial charge in [0, 0.05) is 61.2 Å². The van der Waals surface area contributed by atoms with Crippen LogP contribution < -0.4 is 0 Å². The third-order valence-electron chi connectivity index (χ3n) is 10.6. The van der Waals surface area contributed by atoms with Gasteiger partial charge in [-0.3, -0.25) is 19.3 Å². The molecule has 3 fully saturated rings. The Bertz CT molecular complexity index is 1190. The number of nitrogens with zero attached hydrogens (tertiary/aromatic N) is 4. The average Bonchev–Trinajstić information content (AvgIpc) is 3.58. The molecule has 2 aliphatic heterocycles. The van der Waals surface area contributed by atoms with Crippen molar-refractivity contribution in [2.75, 3.05) is 33.2 Å². The van der Waals surface area contributed by atoms with E-state index in [1.807, 2.05) is 63.9 Å². The van der Waals surface area contributed by atoms with Gasteiger partial charge in [0.1, 0.15) is 6.04 Å². The van der Waals surface area contributed by atoms with Gasteiger partial charge in [-0.1, -0.05) is 58.4 Å². The number of hydrogen-bond acceptors (Lipinski definition) is 4. The van der Waals surface area contributed by atoms with Gasteiger partial charge in [0.2, 0.25) is 17.7 Å². The minimum Gasteiger partial charge on any atom is -0.344 e. The van der Waals surface area contributed by atoms with Crippen LogP contribution in [-0.2, 0) is 14.4 Å². The van der Waals surface area contributed by atoms with Crippen molar-refractivity contribution >= 4 is 29.3 Å². The van der Waals surface area contributed by atoms with E-state index in [-0.39, 0.29) is 52.6 Å². The van der Waals surface area contributed by atoms with Crippen molar-refractivity contribution in [3.63, 3.8) is 0 Å². The number of benzene rings is 1. The summed E-state index contributed by atoms with van der Waals surface area (Å²) in [6, 6.07) is 7.22. The minimum atomic E-state index is -0.581. The fourth-order valence-corrected chi connectivity index (χ4v) is 7.57. The molecule has 1 saturated carbocycles. The van der Waals surface area contributed by atoms with Crippen LogP contribution in [0.5, 0.6) is 0 Å². The lowest BCUT2D eigenvalue weighted by molar-refractivity contribution is -0.147. The van der Waals surface area contributed by atoms with Crippen LogP contribution in [0.2, 0.25) is 5.02 Å². The van der Waals surface area contributed by atoms with Gasteiger partial charge < -0.3 is 14.7 Å². The highest BCUT2D eigenvalue weighted by Crippen LogP contribution is 2.42. The Labute approximate surface area is 271 Å². The molecular weight excluding hydrogens is 572 g/mol. The lowest BCUT2D eigenvalue weighted by Gasteiger charge is -2.45. The fraction of sp³-hybridized carbons (Fsp3) is 0.750. The van der Waals surface area contributed by atoms with Crippen molar-refractivity contribution < 1.29 is 14.4 Å². The maximum Gasteiger partial charge on any atom is 0.245 e. The van der Waals surface area contributed by atoms with E-state index in [4.69, 9.17) is 11.6 Å². The summed E-state index contributed by atoms with van der Waals surface area (Å²) >= 11 is 6.24. The predicted molar refractivity (Wildman–Crippen MR) is 179 cm³/mol. The summed E-state index contributed by atoms with van der Waals surface area (Å²) in [5.74, 6) is -0.195. The van der Waals surface area contributed by atoms with E-state index >= 15 is 0 Å². The van der Waals surface area contributed by atoms with Crippen LogP contribution in [0.1, 0.15) is 106 Å². The van der Waals surface area contributed by atoms with Crippen LogP contribution in [0.4, 0.5) is 0 Å². The number of carbonyl (C=O) groups excluding carboxylic acids is 3. The van der Waals surface area contributed by atoms with E-state index < -0.39 is 11.5 Å². The van der Waals surface area contributed by atoms with Crippen LogP contribution in [-0.4, -0.2) is 94.2 Å². The third-order valence-corrected chi connectivity index (χ3v) is 10.8. The van der Waals surface area contributed by atoms with Crippen LogP contribution >= 0.6 is 11.6 Å². The summed E-state index contributed by atoms with van der Waals surface area (Å²) in [5, 5.41) is 0.674. The first kappa shape index (κ1) is 34.7. The van der Waals surface area contributed by atoms with Crippen molar-refractivity contribution in [3.05, 3.63) is 34.9 Å². The summed E-state index contributed by atoms with van der Waals surface area (Å²) in [6.07, 6.45) is 4.52. The topological polar surface area (TPSA) is 64.2 Å². The highest BCUT2D eigenvalue weighted by molar-refractivity contribution is 6.30. The third kappa shape index (κ3) is 7.46. The zero-order chi connectivity index (χ0) is 32.8. The number of carbonyl (C=O) groups is 3. The Hall–Kier alpha value is -2.12. The fourth-order valence-electron chi connectivity index (χ4n) is 7.45. The number of likely N-dealkylation sites (tertiary alicyclic amines) is 2. The van der Waals surface area contributed by atoms with Gasteiger partial charge in [0.15, 0.2) is 0 Å². The minimum absolute atomic E-state index is 0.00872. The highest BCUT2D eigenvalue weighted by Gasteiger charge is 2.51. The molecular formula is C36H57ClN4O3. The molecule has 2 unspecified atom stereocenters. The Morgan fingerprint density at radius 3 is 2.05 bits per heavy atom.